The van der Waals surface area contributed by atoms with E-state index in [0.717, 1.165) is 5.56 Å². The normalized spacial score (nSPS) is 20.8. The third kappa shape index (κ3) is 4.29. The summed E-state index contributed by atoms with van der Waals surface area (Å²) >= 11 is 0. The molecule has 2 aromatic rings. The molecule has 0 aliphatic heterocycles. The topological polar surface area (TPSA) is 33.5 Å². The number of benzene rings is 1. The minimum atomic E-state index is -4.24. The lowest BCUT2D eigenvalue weighted by Crippen LogP contribution is -2.40. The van der Waals surface area contributed by atoms with E-state index in [-0.39, 0.29) is 25.3 Å². The third-order valence-electron chi connectivity index (χ3n) is 4.99. The zero-order valence-corrected chi connectivity index (χ0v) is 14.6. The maximum atomic E-state index is 13.1. The van der Waals surface area contributed by atoms with E-state index < -0.39 is 18.0 Å². The van der Waals surface area contributed by atoms with Crippen molar-refractivity contribution in [3.8, 4) is 0 Å². The van der Waals surface area contributed by atoms with Crippen molar-refractivity contribution < 1.29 is 22.4 Å². The summed E-state index contributed by atoms with van der Waals surface area (Å²) in [6.07, 6.45) is -1.84. The fraction of sp³-hybridized carbons (Fsp3) is 0.450. The summed E-state index contributed by atoms with van der Waals surface area (Å²) in [5.74, 6) is -1.68. The Morgan fingerprint density at radius 2 is 1.92 bits per heavy atom. The van der Waals surface area contributed by atoms with Gasteiger partial charge in [0.05, 0.1) is 18.7 Å². The molecule has 0 N–H and O–H groups in total. The average Bonchev–Trinajstić information content (AvgIpc) is 3.13. The highest BCUT2D eigenvalue weighted by molar-refractivity contribution is 5.95. The number of carbonyl (C=O) groups is 1. The molecule has 1 saturated carbocycles. The van der Waals surface area contributed by atoms with E-state index in [1.54, 1.807) is 17.0 Å². The number of rotatable bonds is 4. The minimum absolute atomic E-state index is 0.107. The van der Waals surface area contributed by atoms with Crippen LogP contribution in [0.15, 0.2) is 47.1 Å². The molecule has 0 bridgehead atoms. The molecule has 2 unspecified atom stereocenters. The SMILES string of the molecule is Cc1ccc(N(Cc2ccco2)C(=O)C2CCCC(C(F)(F)F)C2)cc1. The van der Waals surface area contributed by atoms with Crippen LogP contribution in [-0.2, 0) is 11.3 Å². The second kappa shape index (κ2) is 7.56. The van der Waals surface area contributed by atoms with Crippen molar-refractivity contribution in [1.29, 1.82) is 0 Å². The second-order valence-electron chi connectivity index (χ2n) is 6.94. The zero-order chi connectivity index (χ0) is 18.7. The summed E-state index contributed by atoms with van der Waals surface area (Å²) in [7, 11) is 0. The number of halogens is 3. The van der Waals surface area contributed by atoms with E-state index in [9.17, 15) is 18.0 Å². The largest absolute Gasteiger partial charge is 0.467 e. The molecule has 0 spiro atoms. The van der Waals surface area contributed by atoms with Crippen molar-refractivity contribution >= 4 is 11.6 Å². The lowest BCUT2D eigenvalue weighted by molar-refractivity contribution is -0.186. The van der Waals surface area contributed by atoms with Crippen LogP contribution >= 0.6 is 0 Å². The van der Waals surface area contributed by atoms with Gasteiger partial charge in [-0.1, -0.05) is 24.1 Å². The Bertz CT molecular complexity index is 723. The van der Waals surface area contributed by atoms with Crippen LogP contribution in [0.1, 0.15) is 37.0 Å². The summed E-state index contributed by atoms with van der Waals surface area (Å²) in [5.41, 5.74) is 1.72. The Hall–Kier alpha value is -2.24. The van der Waals surface area contributed by atoms with Crippen LogP contribution in [0.3, 0.4) is 0 Å². The van der Waals surface area contributed by atoms with Gasteiger partial charge in [0.15, 0.2) is 0 Å². The van der Waals surface area contributed by atoms with Crippen molar-refractivity contribution in [3.63, 3.8) is 0 Å². The highest BCUT2D eigenvalue weighted by Crippen LogP contribution is 2.41. The van der Waals surface area contributed by atoms with Crippen LogP contribution < -0.4 is 4.90 Å². The molecule has 2 atom stereocenters. The van der Waals surface area contributed by atoms with E-state index in [2.05, 4.69) is 0 Å². The molecule has 1 heterocycles. The third-order valence-corrected chi connectivity index (χ3v) is 4.99. The van der Waals surface area contributed by atoms with Crippen LogP contribution in [0.2, 0.25) is 0 Å². The highest BCUT2D eigenvalue weighted by atomic mass is 19.4. The summed E-state index contributed by atoms with van der Waals surface area (Å²) in [6, 6.07) is 10.9. The van der Waals surface area contributed by atoms with Gasteiger partial charge in [0, 0.05) is 11.6 Å². The van der Waals surface area contributed by atoms with E-state index in [1.807, 2.05) is 31.2 Å². The highest BCUT2D eigenvalue weighted by Gasteiger charge is 2.44. The number of furan rings is 1. The van der Waals surface area contributed by atoms with Crippen LogP contribution in [-0.4, -0.2) is 12.1 Å². The number of carbonyl (C=O) groups excluding carboxylic acids is 1. The molecule has 3 nitrogen and oxygen atoms in total. The standard InChI is InChI=1S/C20H22F3NO2/c1-14-7-9-17(10-8-14)24(13-18-6-3-11-26-18)19(25)15-4-2-5-16(12-15)20(21,22)23/h3,6-11,15-16H,2,4-5,12-13H2,1H3. The van der Waals surface area contributed by atoms with E-state index in [4.69, 9.17) is 4.42 Å². The van der Waals surface area contributed by atoms with Crippen molar-refractivity contribution in [2.24, 2.45) is 11.8 Å². The molecule has 26 heavy (non-hydrogen) atoms. The molecule has 3 rings (SSSR count). The van der Waals surface area contributed by atoms with Gasteiger partial charge in [-0.3, -0.25) is 4.79 Å². The zero-order valence-electron chi connectivity index (χ0n) is 14.6. The first-order chi connectivity index (χ1) is 12.3. The molecule has 6 heteroatoms. The lowest BCUT2D eigenvalue weighted by Gasteiger charge is -2.33. The van der Waals surface area contributed by atoms with E-state index >= 15 is 0 Å². The number of aryl methyl sites for hydroxylation is 1. The van der Waals surface area contributed by atoms with Crippen LogP contribution in [0.4, 0.5) is 18.9 Å². The van der Waals surface area contributed by atoms with Gasteiger partial charge >= 0.3 is 6.18 Å². The monoisotopic (exact) mass is 365 g/mol. The van der Waals surface area contributed by atoms with Gasteiger partial charge in [-0.15, -0.1) is 0 Å². The number of nitrogens with zero attached hydrogens (tertiary/aromatic N) is 1. The van der Waals surface area contributed by atoms with Gasteiger partial charge in [0.2, 0.25) is 5.91 Å². The van der Waals surface area contributed by atoms with Gasteiger partial charge in [0.25, 0.3) is 0 Å². The van der Waals surface area contributed by atoms with E-state index in [1.165, 1.54) is 6.26 Å². The van der Waals surface area contributed by atoms with Gasteiger partial charge in [-0.05, 0) is 50.5 Å². The quantitative estimate of drug-likeness (QED) is 0.718. The minimum Gasteiger partial charge on any atom is -0.467 e. The predicted octanol–water partition coefficient (Wildman–Crippen LogP) is 5.49. The van der Waals surface area contributed by atoms with Crippen LogP contribution in [0.25, 0.3) is 0 Å². The first kappa shape index (κ1) is 18.5. The Labute approximate surface area is 150 Å². The average molecular weight is 365 g/mol. The van der Waals surface area contributed by atoms with Gasteiger partial charge in [0.1, 0.15) is 5.76 Å². The molecule has 140 valence electrons. The molecule has 1 aliphatic rings. The van der Waals surface area contributed by atoms with Gasteiger partial charge in [-0.2, -0.15) is 13.2 Å². The molecule has 1 aliphatic carbocycles. The first-order valence-corrected chi connectivity index (χ1v) is 8.81. The Balaban J connectivity index is 1.83. The molecule has 1 fully saturated rings. The Morgan fingerprint density at radius 1 is 1.19 bits per heavy atom. The fourth-order valence-electron chi connectivity index (χ4n) is 3.51. The number of hydrogen-bond acceptors (Lipinski definition) is 2. The summed E-state index contributed by atoms with van der Waals surface area (Å²) in [6.45, 7) is 2.15. The van der Waals surface area contributed by atoms with Crippen LogP contribution in [0, 0.1) is 18.8 Å². The molecule has 0 saturated heterocycles. The summed E-state index contributed by atoms with van der Waals surface area (Å²) < 4.78 is 44.7. The Kier molecular flexibility index (Phi) is 5.39. The fourth-order valence-corrected chi connectivity index (χ4v) is 3.51. The summed E-state index contributed by atoms with van der Waals surface area (Å²) in [4.78, 5) is 14.6. The van der Waals surface area contributed by atoms with Crippen molar-refractivity contribution in [1.82, 2.24) is 0 Å². The Morgan fingerprint density at radius 3 is 2.54 bits per heavy atom. The van der Waals surface area contributed by atoms with Gasteiger partial charge in [-0.25, -0.2) is 0 Å². The maximum absolute atomic E-state index is 13.1. The molecular weight excluding hydrogens is 343 g/mol. The van der Waals surface area contributed by atoms with Crippen molar-refractivity contribution in [3.05, 3.63) is 54.0 Å². The smallest absolute Gasteiger partial charge is 0.391 e. The van der Waals surface area contributed by atoms with Crippen molar-refractivity contribution in [2.45, 2.75) is 45.3 Å². The summed E-state index contributed by atoms with van der Waals surface area (Å²) in [5, 5.41) is 0. The van der Waals surface area contributed by atoms with Crippen LogP contribution in [0.5, 0.6) is 0 Å². The number of hydrogen-bond donors (Lipinski definition) is 0. The first-order valence-electron chi connectivity index (χ1n) is 8.81. The van der Waals surface area contributed by atoms with E-state index in [0.29, 0.717) is 24.3 Å². The second-order valence-corrected chi connectivity index (χ2v) is 6.94. The maximum Gasteiger partial charge on any atom is 0.391 e. The van der Waals surface area contributed by atoms with Crippen molar-refractivity contribution in [2.75, 3.05) is 4.90 Å². The number of anilines is 1. The lowest BCUT2D eigenvalue weighted by atomic mass is 9.80. The molecule has 1 aromatic carbocycles. The molecule has 1 aromatic heterocycles. The molecular formula is C20H22F3NO2. The molecule has 1 amide bonds. The number of amides is 1. The number of alkyl halides is 3. The van der Waals surface area contributed by atoms with Gasteiger partial charge < -0.3 is 9.32 Å². The molecule has 0 radical (unpaired) electrons. The predicted molar refractivity (Wildman–Crippen MR) is 92.6 cm³/mol.